The Bertz CT molecular complexity index is 1920. The van der Waals surface area contributed by atoms with Crippen LogP contribution in [0.4, 0.5) is 0 Å². The van der Waals surface area contributed by atoms with Crippen LogP contribution in [0.5, 0.6) is 0 Å². The first-order chi connectivity index (χ1) is 31.6. The molecule has 374 valence electrons. The van der Waals surface area contributed by atoms with Gasteiger partial charge in [-0.15, -0.1) is 0 Å². The molecule has 0 saturated heterocycles. The van der Waals surface area contributed by atoms with E-state index in [1.165, 1.54) is 19.1 Å². The number of carboxylic acid groups (broad SMARTS) is 1. The number of carbonyl (C=O) groups excluding carboxylic acids is 7. The second-order valence-electron chi connectivity index (χ2n) is 17.1. The summed E-state index contributed by atoms with van der Waals surface area (Å²) in [6.07, 6.45) is 4.34. The van der Waals surface area contributed by atoms with Gasteiger partial charge in [-0.25, -0.2) is 4.79 Å². The maximum atomic E-state index is 14.4. The first-order valence-electron chi connectivity index (χ1n) is 22.4. The Labute approximate surface area is 400 Å². The lowest BCUT2D eigenvalue weighted by Crippen LogP contribution is -2.60. The van der Waals surface area contributed by atoms with Crippen molar-refractivity contribution in [3.8, 4) is 0 Å². The molecule has 1 saturated carbocycles. The molecule has 0 aromatic heterocycles. The van der Waals surface area contributed by atoms with E-state index in [0.29, 0.717) is 5.56 Å². The van der Waals surface area contributed by atoms with Gasteiger partial charge < -0.3 is 65.7 Å². The van der Waals surface area contributed by atoms with Gasteiger partial charge in [0.1, 0.15) is 36.3 Å². The lowest BCUT2D eigenvalue weighted by atomic mass is 9.84. The fraction of sp³-hybridized carbons (Fsp3) is 0.628. The predicted octanol–water partition coefficient (Wildman–Crippen LogP) is -0.0616. The summed E-state index contributed by atoms with van der Waals surface area (Å²) in [5.41, 5.74) is 27.7. The third-order valence-corrected chi connectivity index (χ3v) is 11.6. The summed E-state index contributed by atoms with van der Waals surface area (Å²) in [6.45, 7) is 5.05. The number of amides is 7. The zero-order valence-electron chi connectivity index (χ0n) is 38.4. The van der Waals surface area contributed by atoms with E-state index in [1.54, 1.807) is 19.9 Å². The fourth-order valence-corrected chi connectivity index (χ4v) is 7.82. The standard InChI is InChI=1S/C43H69Cl2N13O9/c1-23(2)19-32(39(64)58-34(41(66)67)22-26-13-14-27(44)28(45)20-26)56-37(62)30(12-8-18-52-43(49)50)54-40(65)33(21-25-9-5-4-6-10-25)57-38(63)31(15-16-35(46)60)55-36(61)29(53-24(3)59)11-7-17-51-42(47)48/h13-14,20,23,25,29-34H,4-12,15-19,21-22H2,1-3H3,(H2,46,60)(H,53,59)(H,54,65)(H,55,61)(H,56,62)(H,57,63)(H,58,64)(H,66,67)(H4,47,48,51)(H4,49,50,52)/t29-,30-,31-,32-,33-,34-/m0/s1. The highest BCUT2D eigenvalue weighted by molar-refractivity contribution is 6.42. The van der Waals surface area contributed by atoms with E-state index < -0.39 is 83.6 Å². The Hall–Kier alpha value is -5.90. The van der Waals surface area contributed by atoms with Gasteiger partial charge >= 0.3 is 5.97 Å². The average Bonchev–Trinajstić information content (AvgIpc) is 3.24. The van der Waals surface area contributed by atoms with E-state index in [2.05, 4.69) is 41.9 Å². The summed E-state index contributed by atoms with van der Waals surface area (Å²) in [6, 6.07) is -3.18. The summed E-state index contributed by atoms with van der Waals surface area (Å²) < 4.78 is 0. The molecule has 0 bridgehead atoms. The van der Waals surface area contributed by atoms with Crippen LogP contribution >= 0.6 is 23.2 Å². The molecule has 2 rings (SSSR count). The number of nitrogens with two attached hydrogens (primary N) is 5. The largest absolute Gasteiger partial charge is 0.480 e. The summed E-state index contributed by atoms with van der Waals surface area (Å²) in [7, 11) is 0. The Balaban J connectivity index is 2.45. The molecule has 1 aromatic carbocycles. The first kappa shape index (κ1) is 57.2. The maximum absolute atomic E-state index is 14.4. The van der Waals surface area contributed by atoms with Gasteiger partial charge in [-0.3, -0.25) is 43.5 Å². The van der Waals surface area contributed by atoms with E-state index in [4.69, 9.17) is 51.9 Å². The maximum Gasteiger partial charge on any atom is 0.326 e. The van der Waals surface area contributed by atoms with Crippen LogP contribution in [0.1, 0.15) is 110 Å². The molecule has 0 aliphatic heterocycles. The molecule has 22 nitrogen and oxygen atoms in total. The summed E-state index contributed by atoms with van der Waals surface area (Å²) in [4.78, 5) is 114. The molecule has 1 fully saturated rings. The lowest BCUT2D eigenvalue weighted by molar-refractivity contribution is -0.142. The molecule has 24 heteroatoms. The first-order valence-corrected chi connectivity index (χ1v) is 23.2. The van der Waals surface area contributed by atoms with Crippen LogP contribution < -0.4 is 60.6 Å². The zero-order valence-corrected chi connectivity index (χ0v) is 39.9. The lowest BCUT2D eigenvalue weighted by Gasteiger charge is -2.30. The van der Waals surface area contributed by atoms with Crippen LogP contribution in [-0.2, 0) is 44.8 Å². The molecule has 6 atom stereocenters. The highest BCUT2D eigenvalue weighted by Gasteiger charge is 2.35. The number of carboxylic acids is 1. The number of guanidine groups is 2. The number of nitrogens with one attached hydrogen (secondary N) is 6. The minimum atomic E-state index is -1.42. The van der Waals surface area contributed by atoms with E-state index in [1.807, 2.05) is 0 Å². The average molecular weight is 983 g/mol. The molecule has 1 aromatic rings. The molecule has 0 unspecified atom stereocenters. The van der Waals surface area contributed by atoms with E-state index in [-0.39, 0.29) is 105 Å². The van der Waals surface area contributed by atoms with Gasteiger partial charge in [0.05, 0.1) is 10.0 Å². The van der Waals surface area contributed by atoms with Crippen molar-refractivity contribution in [2.45, 2.75) is 147 Å². The third-order valence-electron chi connectivity index (χ3n) is 10.8. The van der Waals surface area contributed by atoms with Crippen molar-refractivity contribution in [1.29, 1.82) is 0 Å². The SMILES string of the molecule is CC(=O)N[C@@H](CCCN=C(N)N)C(=O)N[C@@H](CCC(N)=O)C(=O)N[C@@H](CC1CCCCC1)C(=O)N[C@@H](CCCN=C(N)N)C(=O)N[C@@H](CC(C)C)C(=O)N[C@@H](Cc1ccc(Cl)c(Cl)c1)C(=O)O. The van der Waals surface area contributed by atoms with Gasteiger partial charge in [-0.2, -0.15) is 0 Å². The van der Waals surface area contributed by atoms with Crippen molar-refractivity contribution >= 4 is 82.4 Å². The molecule has 7 amide bonds. The Morgan fingerprint density at radius 2 is 1.10 bits per heavy atom. The van der Waals surface area contributed by atoms with Crippen molar-refractivity contribution < 1.29 is 43.5 Å². The summed E-state index contributed by atoms with van der Waals surface area (Å²) in [5.74, 6) is -7.06. The molecule has 1 aliphatic rings. The zero-order chi connectivity index (χ0) is 50.2. The van der Waals surface area contributed by atoms with Crippen molar-refractivity contribution in [2.75, 3.05) is 13.1 Å². The molecule has 0 heterocycles. The monoisotopic (exact) mass is 981 g/mol. The van der Waals surface area contributed by atoms with Gasteiger partial charge in [0.25, 0.3) is 0 Å². The van der Waals surface area contributed by atoms with Gasteiger partial charge in [-0.05, 0) is 74.5 Å². The minimum absolute atomic E-state index is 0.00263. The molecule has 17 N–H and O–H groups in total. The topological polar surface area (TPSA) is 384 Å². The van der Waals surface area contributed by atoms with Crippen LogP contribution in [0.25, 0.3) is 0 Å². The highest BCUT2D eigenvalue weighted by atomic mass is 35.5. The van der Waals surface area contributed by atoms with Gasteiger partial charge in [0, 0.05) is 32.9 Å². The molecular formula is C43H69Cl2N13O9. The summed E-state index contributed by atoms with van der Waals surface area (Å²) >= 11 is 12.2. The fourth-order valence-electron chi connectivity index (χ4n) is 7.50. The number of benzene rings is 1. The smallest absolute Gasteiger partial charge is 0.326 e. The highest BCUT2D eigenvalue weighted by Crippen LogP contribution is 2.28. The van der Waals surface area contributed by atoms with Crippen LogP contribution in [0, 0.1) is 11.8 Å². The van der Waals surface area contributed by atoms with Crippen LogP contribution in [-0.4, -0.2) is 114 Å². The van der Waals surface area contributed by atoms with Gasteiger partial charge in [0.2, 0.25) is 41.4 Å². The number of nitrogens with zero attached hydrogens (tertiary/aromatic N) is 2. The van der Waals surface area contributed by atoms with Crippen molar-refractivity contribution in [3.63, 3.8) is 0 Å². The minimum Gasteiger partial charge on any atom is -0.480 e. The summed E-state index contributed by atoms with van der Waals surface area (Å²) in [5, 5.41) is 26.3. The number of hydrogen-bond donors (Lipinski definition) is 12. The molecule has 1 aliphatic carbocycles. The second kappa shape index (κ2) is 29.7. The number of carbonyl (C=O) groups is 8. The van der Waals surface area contributed by atoms with E-state index in [0.717, 1.165) is 32.1 Å². The normalized spacial score (nSPS) is 15.3. The number of primary amides is 1. The van der Waals surface area contributed by atoms with Gasteiger partial charge in [-0.1, -0.05) is 75.2 Å². The van der Waals surface area contributed by atoms with Crippen LogP contribution in [0.3, 0.4) is 0 Å². The number of aliphatic imine (C=N–C) groups is 2. The van der Waals surface area contributed by atoms with Crippen molar-refractivity contribution in [3.05, 3.63) is 33.8 Å². The quantitative estimate of drug-likeness (QED) is 0.0285. The Kier molecular flexibility index (Phi) is 25.4. The van der Waals surface area contributed by atoms with E-state index in [9.17, 15) is 43.5 Å². The van der Waals surface area contributed by atoms with Gasteiger partial charge in [0.15, 0.2) is 11.9 Å². The number of halogens is 2. The third kappa shape index (κ3) is 22.9. The van der Waals surface area contributed by atoms with Crippen LogP contribution in [0.15, 0.2) is 28.2 Å². The predicted molar refractivity (Wildman–Crippen MR) is 254 cm³/mol. The van der Waals surface area contributed by atoms with Crippen molar-refractivity contribution in [1.82, 2.24) is 31.9 Å². The van der Waals surface area contributed by atoms with Crippen LogP contribution in [0.2, 0.25) is 10.0 Å². The molecule has 0 radical (unpaired) electrons. The number of aliphatic carboxylic acids is 1. The number of hydrogen-bond acceptors (Lipinski definition) is 10. The second-order valence-corrected chi connectivity index (χ2v) is 17.9. The van der Waals surface area contributed by atoms with E-state index >= 15 is 0 Å². The molecule has 0 spiro atoms. The Morgan fingerprint density at radius 3 is 1.58 bits per heavy atom. The molecular weight excluding hydrogens is 913 g/mol. The number of rotatable bonds is 29. The van der Waals surface area contributed by atoms with Crippen molar-refractivity contribution in [2.24, 2.45) is 50.5 Å². The molecule has 67 heavy (non-hydrogen) atoms. The Morgan fingerprint density at radius 1 is 0.642 bits per heavy atom.